The van der Waals surface area contributed by atoms with Crippen molar-refractivity contribution in [3.63, 3.8) is 0 Å². The average Bonchev–Trinajstić information content (AvgIpc) is 3.23. The molecule has 0 atom stereocenters. The summed E-state index contributed by atoms with van der Waals surface area (Å²) in [6.07, 6.45) is 5.24. The maximum absolute atomic E-state index is 12.9. The molecule has 0 saturated carbocycles. The smallest absolute Gasteiger partial charge is 0.266 e. The third-order valence-electron chi connectivity index (χ3n) is 5.72. The number of hydrogen-bond donors (Lipinski definition) is 1. The summed E-state index contributed by atoms with van der Waals surface area (Å²) in [4.78, 5) is 14.0. The van der Waals surface area contributed by atoms with E-state index in [0.29, 0.717) is 31.9 Å². The number of carbonyl (C=O) groups excluding carboxylic acids is 1. The minimum absolute atomic E-state index is 0.121. The van der Waals surface area contributed by atoms with Gasteiger partial charge in [-0.1, -0.05) is 29.8 Å². The highest BCUT2D eigenvalue weighted by Crippen LogP contribution is 2.38. The first-order valence-corrected chi connectivity index (χ1v) is 13.0. The molecular formula is C27H18BrClN4O2S. The molecule has 1 amide bonds. The van der Waals surface area contributed by atoms with E-state index in [4.69, 9.17) is 16.3 Å². The van der Waals surface area contributed by atoms with Crippen molar-refractivity contribution in [2.24, 2.45) is 0 Å². The van der Waals surface area contributed by atoms with E-state index in [-0.39, 0.29) is 17.2 Å². The molecule has 0 aliphatic heterocycles. The van der Waals surface area contributed by atoms with Gasteiger partial charge in [0.15, 0.2) is 5.75 Å². The Morgan fingerprint density at radius 3 is 2.67 bits per heavy atom. The van der Waals surface area contributed by atoms with Gasteiger partial charge in [0.05, 0.1) is 26.7 Å². The number of amides is 1. The van der Waals surface area contributed by atoms with E-state index in [9.17, 15) is 20.6 Å². The molecule has 1 aliphatic rings. The molecule has 9 heteroatoms. The number of hydrogen-bond acceptors (Lipinski definition) is 6. The van der Waals surface area contributed by atoms with Gasteiger partial charge >= 0.3 is 0 Å². The number of fused-ring (bicyclic) bond motifs is 1. The van der Waals surface area contributed by atoms with Crippen molar-refractivity contribution in [1.29, 1.82) is 15.8 Å². The van der Waals surface area contributed by atoms with Crippen LogP contribution in [0.2, 0.25) is 5.02 Å². The van der Waals surface area contributed by atoms with Crippen molar-refractivity contribution in [3.8, 4) is 24.0 Å². The second-order valence-electron chi connectivity index (χ2n) is 8.02. The van der Waals surface area contributed by atoms with Gasteiger partial charge in [-0.15, -0.1) is 11.3 Å². The summed E-state index contributed by atoms with van der Waals surface area (Å²) >= 11 is 11.3. The van der Waals surface area contributed by atoms with Crippen LogP contribution >= 0.6 is 38.9 Å². The minimum atomic E-state index is -0.590. The molecular weight excluding hydrogens is 560 g/mol. The van der Waals surface area contributed by atoms with Crippen LogP contribution in [0.15, 0.2) is 46.4 Å². The van der Waals surface area contributed by atoms with Gasteiger partial charge < -0.3 is 10.1 Å². The summed E-state index contributed by atoms with van der Waals surface area (Å²) in [5.41, 5.74) is 3.14. The van der Waals surface area contributed by atoms with Crippen molar-refractivity contribution in [2.45, 2.75) is 32.3 Å². The third kappa shape index (κ3) is 5.45. The molecule has 0 bridgehead atoms. The number of rotatable bonds is 6. The highest BCUT2D eigenvalue weighted by molar-refractivity contribution is 9.10. The molecule has 0 saturated heterocycles. The highest BCUT2D eigenvalue weighted by atomic mass is 79.9. The largest absolute Gasteiger partial charge is 0.486 e. The maximum atomic E-state index is 12.9. The molecule has 36 heavy (non-hydrogen) atoms. The Labute approximate surface area is 226 Å². The number of nitriles is 3. The first kappa shape index (κ1) is 25.5. The van der Waals surface area contributed by atoms with E-state index in [0.717, 1.165) is 41.7 Å². The summed E-state index contributed by atoms with van der Waals surface area (Å²) in [5, 5.41) is 32.0. The minimum Gasteiger partial charge on any atom is -0.486 e. The molecule has 0 radical (unpaired) electrons. The van der Waals surface area contributed by atoms with Crippen molar-refractivity contribution in [1.82, 2.24) is 0 Å². The summed E-state index contributed by atoms with van der Waals surface area (Å²) in [7, 11) is 0. The number of nitrogens with one attached hydrogen (secondary N) is 1. The first-order chi connectivity index (χ1) is 17.4. The van der Waals surface area contributed by atoms with Crippen LogP contribution in [0.25, 0.3) is 6.08 Å². The van der Waals surface area contributed by atoms with E-state index in [1.165, 1.54) is 17.4 Å². The highest BCUT2D eigenvalue weighted by Gasteiger charge is 2.23. The third-order valence-corrected chi connectivity index (χ3v) is 7.79. The predicted octanol–water partition coefficient (Wildman–Crippen LogP) is 6.91. The SMILES string of the molecule is N#C/C(=C\c1cc(Cl)c(OCc2ccccc2C#N)c(Br)c1)C(=O)Nc1sc2c(c1C#N)CCCC2. The quantitative estimate of drug-likeness (QED) is 0.253. The molecule has 6 nitrogen and oxygen atoms in total. The molecule has 4 rings (SSSR count). The first-order valence-electron chi connectivity index (χ1n) is 11.0. The Morgan fingerprint density at radius 2 is 1.94 bits per heavy atom. The normalized spacial score (nSPS) is 12.6. The van der Waals surface area contributed by atoms with Gasteiger partial charge in [-0.05, 0) is 77.0 Å². The second-order valence-corrected chi connectivity index (χ2v) is 10.4. The second kappa shape index (κ2) is 11.4. The van der Waals surface area contributed by atoms with E-state index < -0.39 is 5.91 Å². The van der Waals surface area contributed by atoms with Crippen molar-refractivity contribution in [3.05, 3.63) is 84.2 Å². The summed E-state index contributed by atoms with van der Waals surface area (Å²) in [6, 6.07) is 16.7. The molecule has 0 unspecified atom stereocenters. The van der Waals surface area contributed by atoms with Gasteiger partial charge in [0.2, 0.25) is 0 Å². The average molecular weight is 578 g/mol. The predicted molar refractivity (Wildman–Crippen MR) is 143 cm³/mol. The van der Waals surface area contributed by atoms with Crippen LogP contribution in [-0.2, 0) is 24.2 Å². The standard InChI is InChI=1S/C27H18BrClN4O2S/c28-22-10-16(11-23(29)25(22)35-15-18-6-2-1-5-17(18)12-30)9-19(13-31)26(34)33-27-21(14-32)20-7-3-4-8-24(20)36-27/h1-2,5-6,9-11H,3-4,7-8,15H2,(H,33,34)/b19-9+. The number of anilines is 1. The number of carbonyl (C=O) groups is 1. The van der Waals surface area contributed by atoms with Crippen LogP contribution in [0.3, 0.4) is 0 Å². The van der Waals surface area contributed by atoms with E-state index in [2.05, 4.69) is 33.4 Å². The molecule has 1 N–H and O–H groups in total. The van der Waals surface area contributed by atoms with Gasteiger partial charge in [-0.2, -0.15) is 15.8 Å². The van der Waals surface area contributed by atoms with E-state index in [1.807, 2.05) is 12.1 Å². The number of ether oxygens (including phenoxy) is 1. The molecule has 0 fully saturated rings. The molecule has 0 spiro atoms. The summed E-state index contributed by atoms with van der Waals surface area (Å²) in [6.45, 7) is 0.148. The van der Waals surface area contributed by atoms with Crippen molar-refractivity contribution in [2.75, 3.05) is 5.32 Å². The monoisotopic (exact) mass is 576 g/mol. The molecule has 1 aromatic heterocycles. The number of aryl methyl sites for hydroxylation is 1. The molecule has 1 heterocycles. The van der Waals surface area contributed by atoms with Gasteiger partial charge in [0.25, 0.3) is 5.91 Å². The summed E-state index contributed by atoms with van der Waals surface area (Å²) < 4.78 is 6.38. The number of benzene rings is 2. The fourth-order valence-electron chi connectivity index (χ4n) is 3.96. The number of halogens is 2. The Bertz CT molecular complexity index is 1480. The fourth-order valence-corrected chi connectivity index (χ4v) is 6.19. The lowest BCUT2D eigenvalue weighted by Crippen LogP contribution is -2.13. The number of thiophene rings is 1. The Balaban J connectivity index is 1.54. The topological polar surface area (TPSA) is 110 Å². The molecule has 3 aromatic rings. The van der Waals surface area contributed by atoms with E-state index in [1.54, 1.807) is 30.3 Å². The van der Waals surface area contributed by atoms with Crippen LogP contribution in [0.5, 0.6) is 5.75 Å². The summed E-state index contributed by atoms with van der Waals surface area (Å²) in [5.74, 6) is -0.208. The van der Waals surface area contributed by atoms with Crippen molar-refractivity contribution < 1.29 is 9.53 Å². The van der Waals surface area contributed by atoms with Gasteiger partial charge in [-0.3, -0.25) is 4.79 Å². The van der Waals surface area contributed by atoms with Crippen LogP contribution in [-0.4, -0.2) is 5.91 Å². The van der Waals surface area contributed by atoms with Crippen molar-refractivity contribution >= 4 is 55.9 Å². The van der Waals surface area contributed by atoms with Gasteiger partial charge in [0.1, 0.15) is 29.3 Å². The van der Waals surface area contributed by atoms with Crippen LogP contribution in [0.4, 0.5) is 5.00 Å². The molecule has 2 aromatic carbocycles. The van der Waals surface area contributed by atoms with E-state index >= 15 is 0 Å². The zero-order valence-electron chi connectivity index (χ0n) is 18.9. The van der Waals surface area contributed by atoms with Gasteiger partial charge in [0, 0.05) is 10.4 Å². The Hall–Kier alpha value is -3.61. The van der Waals surface area contributed by atoms with Crippen LogP contribution < -0.4 is 10.1 Å². The van der Waals surface area contributed by atoms with Crippen LogP contribution in [0.1, 0.15) is 45.5 Å². The zero-order valence-corrected chi connectivity index (χ0v) is 22.1. The lowest BCUT2D eigenvalue weighted by atomic mass is 9.96. The fraction of sp³-hybridized carbons (Fsp3) is 0.185. The van der Waals surface area contributed by atoms with Crippen LogP contribution in [0, 0.1) is 34.0 Å². The molecule has 1 aliphatic carbocycles. The zero-order chi connectivity index (χ0) is 25.7. The lowest BCUT2D eigenvalue weighted by molar-refractivity contribution is -0.112. The lowest BCUT2D eigenvalue weighted by Gasteiger charge is -2.12. The van der Waals surface area contributed by atoms with Gasteiger partial charge in [-0.25, -0.2) is 0 Å². The Morgan fingerprint density at radius 1 is 1.17 bits per heavy atom. The maximum Gasteiger partial charge on any atom is 0.266 e. The number of nitrogens with zero attached hydrogens (tertiary/aromatic N) is 3. The molecule has 178 valence electrons. The Kier molecular flexibility index (Phi) is 8.08.